The lowest BCUT2D eigenvalue weighted by Gasteiger charge is -2.02. The van der Waals surface area contributed by atoms with Crippen molar-refractivity contribution in [1.82, 2.24) is 10.1 Å². The number of aromatic nitrogens is 3. The Bertz CT molecular complexity index is 850. The third kappa shape index (κ3) is 3.54. The van der Waals surface area contributed by atoms with Crippen LogP contribution in [0.25, 0.3) is 11.4 Å². The van der Waals surface area contributed by atoms with Gasteiger partial charge in [-0.3, -0.25) is 0 Å². The van der Waals surface area contributed by atoms with E-state index in [1.165, 1.54) is 18.3 Å². The van der Waals surface area contributed by atoms with Crippen molar-refractivity contribution in [1.29, 1.82) is 0 Å². The fourth-order valence-corrected chi connectivity index (χ4v) is 2.25. The number of hydrogen-bond donors (Lipinski definition) is 0. The lowest BCUT2D eigenvalue weighted by Crippen LogP contribution is -2.34. The van der Waals surface area contributed by atoms with E-state index in [1.54, 1.807) is 6.07 Å². The summed E-state index contributed by atoms with van der Waals surface area (Å²) in [6.07, 6.45) is 1.22. The van der Waals surface area contributed by atoms with Crippen LogP contribution in [0.3, 0.4) is 0 Å². The molecule has 0 amide bonds. The molecule has 0 bridgehead atoms. The maximum Gasteiger partial charge on any atom is 0.405 e. The molecule has 7 nitrogen and oxygen atoms in total. The van der Waals surface area contributed by atoms with Crippen LogP contribution in [0, 0.1) is 5.21 Å². The highest BCUT2D eigenvalue weighted by molar-refractivity contribution is 9.10. The van der Waals surface area contributed by atoms with Crippen molar-refractivity contribution in [2.45, 2.75) is 6.61 Å². The second-order valence-corrected chi connectivity index (χ2v) is 5.43. The van der Waals surface area contributed by atoms with Gasteiger partial charge < -0.3 is 14.5 Å². The number of hydrogen-bond acceptors (Lipinski definition) is 6. The molecule has 0 saturated heterocycles. The van der Waals surface area contributed by atoms with Crippen LogP contribution in [0.1, 0.15) is 16.4 Å². The molecule has 116 valence electrons. The highest BCUT2D eigenvalue weighted by Gasteiger charge is 2.18. The molecule has 0 N–H and O–H groups in total. The van der Waals surface area contributed by atoms with Crippen molar-refractivity contribution in [3.8, 4) is 11.4 Å². The molecule has 0 saturated carbocycles. The third-order valence-corrected chi connectivity index (χ3v) is 3.40. The van der Waals surface area contributed by atoms with E-state index in [-0.39, 0.29) is 18.2 Å². The first-order valence-electron chi connectivity index (χ1n) is 6.57. The second-order valence-electron chi connectivity index (χ2n) is 4.51. The van der Waals surface area contributed by atoms with E-state index in [0.717, 1.165) is 10.0 Å². The molecule has 0 aliphatic heterocycles. The quantitative estimate of drug-likeness (QED) is 0.395. The van der Waals surface area contributed by atoms with Gasteiger partial charge in [-0.05, 0) is 18.2 Å². The van der Waals surface area contributed by atoms with E-state index < -0.39 is 5.97 Å². The van der Waals surface area contributed by atoms with Gasteiger partial charge in [0.25, 0.3) is 5.89 Å². The van der Waals surface area contributed by atoms with Gasteiger partial charge >= 0.3 is 11.7 Å². The number of halogens is 1. The molecule has 3 aromatic rings. The zero-order chi connectivity index (χ0) is 16.2. The van der Waals surface area contributed by atoms with Crippen LogP contribution in [-0.4, -0.2) is 16.1 Å². The molecule has 1 aromatic carbocycles. The van der Waals surface area contributed by atoms with Gasteiger partial charge in [-0.2, -0.15) is 9.71 Å². The summed E-state index contributed by atoms with van der Waals surface area (Å²) < 4.78 is 11.4. The summed E-state index contributed by atoms with van der Waals surface area (Å²) in [5.41, 5.74) is 0.653. The molecule has 2 aromatic heterocycles. The number of benzene rings is 1. The third-order valence-electron chi connectivity index (χ3n) is 2.91. The first kappa shape index (κ1) is 15.2. The fourth-order valence-electron chi connectivity index (χ4n) is 1.85. The minimum atomic E-state index is -0.761. The van der Waals surface area contributed by atoms with E-state index >= 15 is 0 Å². The van der Waals surface area contributed by atoms with Gasteiger partial charge in [0.15, 0.2) is 12.8 Å². The van der Waals surface area contributed by atoms with Crippen LogP contribution in [0.15, 0.2) is 57.7 Å². The number of nitrogens with zero attached hydrogens (tertiary/aromatic N) is 3. The summed E-state index contributed by atoms with van der Waals surface area (Å²) in [7, 11) is 0. The zero-order valence-corrected chi connectivity index (χ0v) is 13.3. The van der Waals surface area contributed by atoms with Crippen molar-refractivity contribution >= 4 is 21.9 Å². The van der Waals surface area contributed by atoms with Gasteiger partial charge in [0.2, 0.25) is 5.82 Å². The number of esters is 1. The van der Waals surface area contributed by atoms with Gasteiger partial charge in [-0.25, -0.2) is 4.79 Å². The van der Waals surface area contributed by atoms with Crippen molar-refractivity contribution in [2.75, 3.05) is 0 Å². The molecule has 23 heavy (non-hydrogen) atoms. The van der Waals surface area contributed by atoms with E-state index in [1.807, 2.05) is 24.3 Å². The Labute approximate surface area is 139 Å². The minimum Gasteiger partial charge on any atom is -0.618 e. The monoisotopic (exact) mass is 375 g/mol. The van der Waals surface area contributed by atoms with E-state index in [0.29, 0.717) is 10.6 Å². The van der Waals surface area contributed by atoms with Crippen LogP contribution >= 0.6 is 15.9 Å². The number of carbonyl (C=O) groups excluding carboxylic acids is 1. The molecule has 0 radical (unpaired) electrons. The molecule has 2 heterocycles. The molecule has 0 spiro atoms. The highest BCUT2D eigenvalue weighted by atomic mass is 79.9. The van der Waals surface area contributed by atoms with Crippen molar-refractivity contribution < 1.29 is 18.8 Å². The Hall–Kier alpha value is -2.74. The minimum absolute atomic E-state index is 0.112. The summed E-state index contributed by atoms with van der Waals surface area (Å²) in [6, 6.07) is 11.9. The largest absolute Gasteiger partial charge is 0.618 e. The van der Waals surface area contributed by atoms with Crippen LogP contribution in [-0.2, 0) is 11.3 Å². The summed E-state index contributed by atoms with van der Waals surface area (Å²) >= 11 is 3.36. The van der Waals surface area contributed by atoms with Crippen molar-refractivity contribution in [3.05, 3.63) is 69.9 Å². The first-order valence-corrected chi connectivity index (χ1v) is 7.36. The second kappa shape index (κ2) is 6.57. The molecule has 0 unspecified atom stereocenters. The van der Waals surface area contributed by atoms with Gasteiger partial charge in [-0.1, -0.05) is 33.2 Å². The van der Waals surface area contributed by atoms with E-state index in [4.69, 9.17) is 9.26 Å². The normalized spacial score (nSPS) is 10.5. The van der Waals surface area contributed by atoms with Gasteiger partial charge in [0.1, 0.15) is 0 Å². The molecule has 3 rings (SSSR count). The number of rotatable bonds is 4. The molecule has 0 fully saturated rings. The Morgan fingerprint density at radius 2 is 2.17 bits per heavy atom. The van der Waals surface area contributed by atoms with E-state index in [2.05, 4.69) is 26.1 Å². The fraction of sp³-hybridized carbons (Fsp3) is 0.0667. The van der Waals surface area contributed by atoms with E-state index in [9.17, 15) is 10.0 Å². The Kier molecular flexibility index (Phi) is 4.33. The van der Waals surface area contributed by atoms with Gasteiger partial charge in [-0.15, -0.1) is 0 Å². The summed E-state index contributed by atoms with van der Waals surface area (Å²) in [5, 5.41) is 15.3. The topological polar surface area (TPSA) is 92.2 Å². The summed E-state index contributed by atoms with van der Waals surface area (Å²) in [6.45, 7) is -0.214. The molecule has 0 aliphatic carbocycles. The average molecular weight is 376 g/mol. The number of pyridine rings is 1. The van der Waals surface area contributed by atoms with Crippen LogP contribution in [0.2, 0.25) is 0 Å². The maximum atomic E-state index is 11.8. The molecule has 8 heteroatoms. The average Bonchev–Trinajstić information content (AvgIpc) is 3.02. The lowest BCUT2D eigenvalue weighted by atomic mass is 10.2. The maximum absolute atomic E-state index is 11.8. The molecule has 0 atom stereocenters. The van der Waals surface area contributed by atoms with Gasteiger partial charge in [0.05, 0.1) is 0 Å². The van der Waals surface area contributed by atoms with Crippen LogP contribution < -0.4 is 4.73 Å². The summed E-state index contributed by atoms with van der Waals surface area (Å²) in [4.78, 5) is 16.0. The molecular weight excluding hydrogens is 366 g/mol. The van der Waals surface area contributed by atoms with Crippen molar-refractivity contribution in [3.63, 3.8) is 0 Å². The molecular formula is C15H10BrN3O4. The SMILES string of the molecule is O=C(OCc1nc(-c2cccc(Br)c2)no1)c1cccc[n+]1[O-]. The predicted octanol–water partition coefficient (Wildman–Crippen LogP) is 2.49. The van der Waals surface area contributed by atoms with Crippen LogP contribution in [0.4, 0.5) is 0 Å². The standard InChI is InChI=1S/C15H10BrN3O4/c16-11-5-3-4-10(8-11)14-17-13(23-18-14)9-22-15(20)12-6-1-2-7-19(12)21/h1-8H,9H2. The Morgan fingerprint density at radius 1 is 1.30 bits per heavy atom. The lowest BCUT2D eigenvalue weighted by molar-refractivity contribution is -0.608. The van der Waals surface area contributed by atoms with Crippen LogP contribution in [0.5, 0.6) is 0 Å². The smallest absolute Gasteiger partial charge is 0.405 e. The Balaban J connectivity index is 1.68. The zero-order valence-electron chi connectivity index (χ0n) is 11.7. The highest BCUT2D eigenvalue weighted by Crippen LogP contribution is 2.20. The Morgan fingerprint density at radius 3 is 2.96 bits per heavy atom. The van der Waals surface area contributed by atoms with Crippen molar-refractivity contribution in [2.24, 2.45) is 0 Å². The number of ether oxygens (including phenoxy) is 1. The van der Waals surface area contributed by atoms with Gasteiger partial charge in [0, 0.05) is 22.2 Å². The number of carbonyl (C=O) groups is 1. The first-order chi connectivity index (χ1) is 11.1. The predicted molar refractivity (Wildman–Crippen MR) is 82.0 cm³/mol. The molecule has 0 aliphatic rings. The summed E-state index contributed by atoms with van der Waals surface area (Å²) in [5.74, 6) is -0.236.